The second kappa shape index (κ2) is 2.60. The molecule has 1 heteroatoms. The van der Waals surface area contributed by atoms with Gasteiger partial charge in [-0.2, -0.15) is 0 Å². The predicted octanol–water partition coefficient (Wildman–Crippen LogP) is 2.72. The molecule has 2 N–H and O–H groups in total. The maximum absolute atomic E-state index is 6.04. The van der Waals surface area contributed by atoms with Gasteiger partial charge >= 0.3 is 0 Å². The van der Waals surface area contributed by atoms with E-state index in [1.54, 1.807) is 11.1 Å². The molecule has 1 fully saturated rings. The number of hydrogen-bond acceptors (Lipinski definition) is 1. The molecule has 0 bridgehead atoms. The van der Waals surface area contributed by atoms with E-state index in [1.165, 1.54) is 12.8 Å². The fraction of sp³-hybridized carbons (Fsp3) is 0.833. The molecule has 3 unspecified atom stereocenters. The van der Waals surface area contributed by atoms with Gasteiger partial charge in [0.1, 0.15) is 0 Å². The summed E-state index contributed by atoms with van der Waals surface area (Å²) in [6, 6.07) is 0. The van der Waals surface area contributed by atoms with E-state index in [0.717, 1.165) is 17.8 Å². The molecule has 0 amide bonds. The molecule has 0 heterocycles. The van der Waals surface area contributed by atoms with Crippen molar-refractivity contribution in [3.8, 4) is 0 Å². The molecule has 0 aromatic heterocycles. The topological polar surface area (TPSA) is 26.0 Å². The minimum Gasteiger partial charge on any atom is -0.326 e. The highest BCUT2D eigenvalue weighted by Crippen LogP contribution is 2.60. The van der Waals surface area contributed by atoms with Crippen molar-refractivity contribution in [3.63, 3.8) is 0 Å². The van der Waals surface area contributed by atoms with Gasteiger partial charge in [0.2, 0.25) is 0 Å². The monoisotopic (exact) mass is 179 g/mol. The van der Waals surface area contributed by atoms with Gasteiger partial charge in [-0.15, -0.1) is 0 Å². The first kappa shape index (κ1) is 9.26. The van der Waals surface area contributed by atoms with Crippen molar-refractivity contribution in [1.29, 1.82) is 0 Å². The zero-order chi connectivity index (χ0) is 9.80. The van der Waals surface area contributed by atoms with E-state index in [1.807, 2.05) is 0 Å². The Morgan fingerprint density at radius 3 is 2.38 bits per heavy atom. The van der Waals surface area contributed by atoms with Gasteiger partial charge in [-0.05, 0) is 51.4 Å². The zero-order valence-electron chi connectivity index (χ0n) is 9.22. The van der Waals surface area contributed by atoms with E-state index < -0.39 is 0 Å². The number of allylic oxidation sites excluding steroid dienone is 2. The van der Waals surface area contributed by atoms with Gasteiger partial charge in [0.05, 0.1) is 0 Å². The summed E-state index contributed by atoms with van der Waals surface area (Å²) in [6.45, 7) is 8.93. The Balaban J connectivity index is 1.91. The van der Waals surface area contributed by atoms with Crippen LogP contribution in [0, 0.1) is 17.8 Å². The first-order valence-corrected chi connectivity index (χ1v) is 5.37. The van der Waals surface area contributed by atoms with Crippen LogP contribution in [0.15, 0.2) is 11.1 Å². The highest BCUT2D eigenvalue weighted by atomic mass is 14.7. The summed E-state index contributed by atoms with van der Waals surface area (Å²) in [5, 5.41) is 0. The molecule has 1 nitrogen and oxygen atoms in total. The second-order valence-corrected chi connectivity index (χ2v) is 5.72. The summed E-state index contributed by atoms with van der Waals surface area (Å²) in [4.78, 5) is 0. The Bertz CT molecular complexity index is 257. The van der Waals surface area contributed by atoms with Crippen molar-refractivity contribution >= 4 is 0 Å². The average Bonchev–Trinajstić information content (AvgIpc) is 2.75. The highest BCUT2D eigenvalue weighted by Gasteiger charge is 2.52. The van der Waals surface area contributed by atoms with E-state index in [0.29, 0.717) is 0 Å². The molecule has 74 valence electrons. The SMILES string of the molecule is CC1=C(C2C(C)C2CC(C)(C)N)C1. The van der Waals surface area contributed by atoms with Crippen LogP contribution in [0.1, 0.15) is 40.5 Å². The lowest BCUT2D eigenvalue weighted by atomic mass is 9.97. The van der Waals surface area contributed by atoms with Gasteiger partial charge in [-0.25, -0.2) is 0 Å². The van der Waals surface area contributed by atoms with Crippen molar-refractivity contribution in [2.45, 2.75) is 46.1 Å². The maximum Gasteiger partial charge on any atom is 0.01000 e. The van der Waals surface area contributed by atoms with Crippen LogP contribution in [0.5, 0.6) is 0 Å². The summed E-state index contributed by atoms with van der Waals surface area (Å²) in [5.41, 5.74) is 9.46. The van der Waals surface area contributed by atoms with Crippen molar-refractivity contribution in [2.24, 2.45) is 23.5 Å². The smallest absolute Gasteiger partial charge is 0.01000 e. The predicted molar refractivity (Wildman–Crippen MR) is 56.3 cm³/mol. The summed E-state index contributed by atoms with van der Waals surface area (Å²) >= 11 is 0. The van der Waals surface area contributed by atoms with Gasteiger partial charge < -0.3 is 5.73 Å². The molecule has 0 saturated heterocycles. The number of rotatable bonds is 3. The lowest BCUT2D eigenvalue weighted by Gasteiger charge is -2.17. The fourth-order valence-corrected chi connectivity index (χ4v) is 2.69. The molecule has 0 aromatic carbocycles. The van der Waals surface area contributed by atoms with Gasteiger partial charge in [0.25, 0.3) is 0 Å². The van der Waals surface area contributed by atoms with Crippen LogP contribution < -0.4 is 5.73 Å². The summed E-state index contributed by atoms with van der Waals surface area (Å²) in [6.07, 6.45) is 2.51. The number of hydrogen-bond donors (Lipinski definition) is 1. The molecule has 2 rings (SSSR count). The van der Waals surface area contributed by atoms with E-state index in [-0.39, 0.29) is 5.54 Å². The Hall–Kier alpha value is -0.300. The van der Waals surface area contributed by atoms with Crippen LogP contribution in [-0.2, 0) is 0 Å². The first-order chi connectivity index (χ1) is 5.90. The largest absolute Gasteiger partial charge is 0.326 e. The van der Waals surface area contributed by atoms with E-state index >= 15 is 0 Å². The highest BCUT2D eigenvalue weighted by molar-refractivity contribution is 5.39. The molecular weight excluding hydrogens is 158 g/mol. The van der Waals surface area contributed by atoms with Crippen molar-refractivity contribution in [1.82, 2.24) is 0 Å². The molecular formula is C12H21N. The van der Waals surface area contributed by atoms with Crippen molar-refractivity contribution < 1.29 is 0 Å². The maximum atomic E-state index is 6.04. The normalized spacial score (nSPS) is 38.1. The standard InChI is InChI=1S/C12H21N/c1-7-5-9(7)11-8(2)10(11)6-12(3,4)13/h8,10-11H,5-6,13H2,1-4H3. The fourth-order valence-electron chi connectivity index (χ4n) is 2.69. The minimum atomic E-state index is 0.0248. The third-order valence-corrected chi connectivity index (χ3v) is 3.61. The third kappa shape index (κ3) is 1.80. The van der Waals surface area contributed by atoms with Gasteiger partial charge in [-0.1, -0.05) is 18.1 Å². The zero-order valence-corrected chi connectivity index (χ0v) is 9.22. The van der Waals surface area contributed by atoms with Crippen LogP contribution in [0.25, 0.3) is 0 Å². The molecule has 0 spiro atoms. The summed E-state index contributed by atoms with van der Waals surface area (Å²) < 4.78 is 0. The van der Waals surface area contributed by atoms with Crippen molar-refractivity contribution in [3.05, 3.63) is 11.1 Å². The Morgan fingerprint density at radius 2 is 2.00 bits per heavy atom. The first-order valence-electron chi connectivity index (χ1n) is 5.37. The quantitative estimate of drug-likeness (QED) is 0.662. The minimum absolute atomic E-state index is 0.0248. The molecule has 1 saturated carbocycles. The molecule has 0 aromatic rings. The molecule has 0 aliphatic heterocycles. The summed E-state index contributed by atoms with van der Waals surface area (Å²) in [5.74, 6) is 2.69. The summed E-state index contributed by atoms with van der Waals surface area (Å²) in [7, 11) is 0. The molecule has 0 radical (unpaired) electrons. The van der Waals surface area contributed by atoms with Crippen LogP contribution >= 0.6 is 0 Å². The van der Waals surface area contributed by atoms with Gasteiger partial charge in [-0.3, -0.25) is 0 Å². The lowest BCUT2D eigenvalue weighted by molar-refractivity contribution is 0.429. The van der Waals surface area contributed by atoms with Crippen LogP contribution in [0.4, 0.5) is 0 Å². The average molecular weight is 179 g/mol. The molecule has 13 heavy (non-hydrogen) atoms. The van der Waals surface area contributed by atoms with Crippen LogP contribution in [0.2, 0.25) is 0 Å². The van der Waals surface area contributed by atoms with E-state index in [4.69, 9.17) is 5.73 Å². The van der Waals surface area contributed by atoms with E-state index in [9.17, 15) is 0 Å². The Morgan fingerprint density at radius 1 is 1.46 bits per heavy atom. The molecule has 3 atom stereocenters. The second-order valence-electron chi connectivity index (χ2n) is 5.72. The van der Waals surface area contributed by atoms with Gasteiger partial charge in [0.15, 0.2) is 0 Å². The molecule has 2 aliphatic rings. The van der Waals surface area contributed by atoms with Crippen LogP contribution in [0.3, 0.4) is 0 Å². The Kier molecular flexibility index (Phi) is 1.85. The Labute approximate surface area is 81.4 Å². The van der Waals surface area contributed by atoms with Crippen molar-refractivity contribution in [2.75, 3.05) is 0 Å². The molecule has 2 aliphatic carbocycles. The third-order valence-electron chi connectivity index (χ3n) is 3.61. The van der Waals surface area contributed by atoms with E-state index in [2.05, 4.69) is 27.7 Å². The van der Waals surface area contributed by atoms with Crippen LogP contribution in [-0.4, -0.2) is 5.54 Å². The van der Waals surface area contributed by atoms with Gasteiger partial charge in [0, 0.05) is 5.54 Å². The lowest BCUT2D eigenvalue weighted by Crippen LogP contribution is -2.32. The number of nitrogens with two attached hydrogens (primary N) is 1.